The van der Waals surface area contributed by atoms with E-state index in [9.17, 15) is 8.42 Å². The fraction of sp³-hybridized carbons (Fsp3) is 0.348. The van der Waals surface area contributed by atoms with E-state index in [1.54, 1.807) is 23.5 Å². The second-order valence-corrected chi connectivity index (χ2v) is 10.5. The van der Waals surface area contributed by atoms with Crippen LogP contribution < -0.4 is 4.72 Å². The molecule has 2 aromatic carbocycles. The Morgan fingerprint density at radius 3 is 2.67 bits per heavy atom. The number of piperidine rings is 1. The lowest BCUT2D eigenvalue weighted by atomic mass is 9.98. The first kappa shape index (κ1) is 21.2. The van der Waals surface area contributed by atoms with Crippen LogP contribution in [0.5, 0.6) is 0 Å². The maximum Gasteiger partial charge on any atom is 0.240 e. The summed E-state index contributed by atoms with van der Waals surface area (Å²) in [5.41, 5.74) is 3.28. The molecule has 7 heteroatoms. The number of hydrogen-bond acceptors (Lipinski definition) is 5. The van der Waals surface area contributed by atoms with E-state index in [4.69, 9.17) is 4.98 Å². The SMILES string of the molecule is Cc1ccc(S(=O)(=O)NCC2CCCN(Cc3csc(-c4ccccc4)n3)C2)cc1. The zero-order valence-electron chi connectivity index (χ0n) is 17.1. The van der Waals surface area contributed by atoms with Gasteiger partial charge < -0.3 is 0 Å². The number of aryl methyl sites for hydroxylation is 1. The minimum absolute atomic E-state index is 0.311. The van der Waals surface area contributed by atoms with Crippen LogP contribution in [0.3, 0.4) is 0 Å². The first-order valence-corrected chi connectivity index (χ1v) is 12.6. The van der Waals surface area contributed by atoms with Crippen LogP contribution in [0.1, 0.15) is 24.1 Å². The highest BCUT2D eigenvalue weighted by Crippen LogP contribution is 2.25. The Bertz CT molecular complexity index is 1060. The van der Waals surface area contributed by atoms with E-state index in [-0.39, 0.29) is 0 Å². The van der Waals surface area contributed by atoms with Gasteiger partial charge >= 0.3 is 0 Å². The molecule has 2 heterocycles. The first-order chi connectivity index (χ1) is 14.5. The van der Waals surface area contributed by atoms with Gasteiger partial charge in [0, 0.05) is 30.6 Å². The lowest BCUT2D eigenvalue weighted by molar-refractivity contribution is 0.167. The third-order valence-corrected chi connectivity index (χ3v) is 7.83. The van der Waals surface area contributed by atoms with Crippen LogP contribution in [0, 0.1) is 12.8 Å². The number of aromatic nitrogens is 1. The number of thiazole rings is 1. The first-order valence-electron chi connectivity index (χ1n) is 10.3. The van der Waals surface area contributed by atoms with Crippen LogP contribution in [-0.2, 0) is 16.6 Å². The highest BCUT2D eigenvalue weighted by Gasteiger charge is 2.23. The minimum atomic E-state index is -3.46. The molecule has 0 aliphatic carbocycles. The fourth-order valence-electron chi connectivity index (χ4n) is 3.81. The average Bonchev–Trinajstić information content (AvgIpc) is 3.22. The maximum atomic E-state index is 12.6. The van der Waals surface area contributed by atoms with Crippen LogP contribution in [0.15, 0.2) is 64.9 Å². The minimum Gasteiger partial charge on any atom is -0.297 e. The molecule has 1 atom stereocenters. The number of sulfonamides is 1. The second kappa shape index (κ2) is 9.39. The summed E-state index contributed by atoms with van der Waals surface area (Å²) in [6.07, 6.45) is 2.12. The molecule has 0 radical (unpaired) electrons. The zero-order valence-corrected chi connectivity index (χ0v) is 18.8. The molecule has 30 heavy (non-hydrogen) atoms. The van der Waals surface area contributed by atoms with Gasteiger partial charge in [0.2, 0.25) is 10.0 Å². The van der Waals surface area contributed by atoms with E-state index >= 15 is 0 Å². The monoisotopic (exact) mass is 441 g/mol. The van der Waals surface area contributed by atoms with E-state index in [1.165, 1.54) is 0 Å². The van der Waals surface area contributed by atoms with Crippen LogP contribution in [0.4, 0.5) is 0 Å². The molecule has 5 nitrogen and oxygen atoms in total. The predicted molar refractivity (Wildman–Crippen MR) is 122 cm³/mol. The molecular weight excluding hydrogens is 414 g/mol. The van der Waals surface area contributed by atoms with E-state index in [0.717, 1.165) is 54.3 Å². The topological polar surface area (TPSA) is 62.3 Å². The van der Waals surface area contributed by atoms with Crippen molar-refractivity contribution in [2.75, 3.05) is 19.6 Å². The standard InChI is InChI=1S/C23H27N3O2S2/c1-18-9-11-22(12-10-18)30(27,28)24-14-19-6-5-13-26(15-19)16-21-17-29-23(25-21)20-7-3-2-4-8-20/h2-4,7-12,17,19,24H,5-6,13-16H2,1H3. The Kier molecular flexibility index (Phi) is 6.63. The highest BCUT2D eigenvalue weighted by molar-refractivity contribution is 7.89. The van der Waals surface area contributed by atoms with Crippen molar-refractivity contribution in [2.24, 2.45) is 5.92 Å². The van der Waals surface area contributed by atoms with Crippen LogP contribution in [-0.4, -0.2) is 37.9 Å². The van der Waals surface area contributed by atoms with Crippen molar-refractivity contribution in [2.45, 2.75) is 31.2 Å². The summed E-state index contributed by atoms with van der Waals surface area (Å²) in [4.78, 5) is 7.51. The lowest BCUT2D eigenvalue weighted by Crippen LogP contribution is -2.40. The molecule has 1 aliphatic heterocycles. The summed E-state index contributed by atoms with van der Waals surface area (Å²) < 4.78 is 27.9. The third-order valence-electron chi connectivity index (χ3n) is 5.45. The third kappa shape index (κ3) is 5.35. The summed E-state index contributed by atoms with van der Waals surface area (Å²) in [6.45, 7) is 5.14. The quantitative estimate of drug-likeness (QED) is 0.594. The molecule has 0 amide bonds. The van der Waals surface area contributed by atoms with E-state index in [0.29, 0.717) is 17.4 Å². The fourth-order valence-corrected chi connectivity index (χ4v) is 5.75. The number of benzene rings is 2. The maximum absolute atomic E-state index is 12.6. The van der Waals surface area contributed by atoms with E-state index in [1.807, 2.05) is 37.3 Å². The van der Waals surface area contributed by atoms with Gasteiger partial charge in [0.05, 0.1) is 10.6 Å². The zero-order chi connectivity index (χ0) is 21.0. The Balaban J connectivity index is 1.32. The smallest absolute Gasteiger partial charge is 0.240 e. The summed E-state index contributed by atoms with van der Waals surface area (Å²) in [6, 6.07) is 17.2. The van der Waals surface area contributed by atoms with Crippen LogP contribution in [0.25, 0.3) is 10.6 Å². The van der Waals surface area contributed by atoms with Gasteiger partial charge in [-0.05, 0) is 44.4 Å². The van der Waals surface area contributed by atoms with Crippen molar-refractivity contribution in [3.63, 3.8) is 0 Å². The summed E-state index contributed by atoms with van der Waals surface area (Å²) >= 11 is 1.67. The molecule has 1 aromatic heterocycles. The van der Waals surface area contributed by atoms with Gasteiger partial charge in [-0.1, -0.05) is 48.0 Å². The highest BCUT2D eigenvalue weighted by atomic mass is 32.2. The normalized spacial score (nSPS) is 17.8. The van der Waals surface area contributed by atoms with Gasteiger partial charge in [-0.2, -0.15) is 0 Å². The summed E-state index contributed by atoms with van der Waals surface area (Å²) in [7, 11) is -3.46. The van der Waals surface area contributed by atoms with Crippen LogP contribution in [0.2, 0.25) is 0 Å². The number of rotatable bonds is 7. The van der Waals surface area contributed by atoms with Crippen molar-refractivity contribution >= 4 is 21.4 Å². The molecule has 1 N–H and O–H groups in total. The number of nitrogens with one attached hydrogen (secondary N) is 1. The molecular formula is C23H27N3O2S2. The molecule has 0 saturated carbocycles. The van der Waals surface area contributed by atoms with Crippen molar-refractivity contribution in [3.8, 4) is 10.6 Å². The van der Waals surface area contributed by atoms with Crippen molar-refractivity contribution < 1.29 is 8.42 Å². The molecule has 1 unspecified atom stereocenters. The Morgan fingerprint density at radius 1 is 1.13 bits per heavy atom. The van der Waals surface area contributed by atoms with E-state index in [2.05, 4.69) is 27.1 Å². The summed E-state index contributed by atoms with van der Waals surface area (Å²) in [5.74, 6) is 0.311. The van der Waals surface area contributed by atoms with Gasteiger partial charge in [0.1, 0.15) is 5.01 Å². The van der Waals surface area contributed by atoms with Gasteiger partial charge in [0.15, 0.2) is 0 Å². The van der Waals surface area contributed by atoms with Crippen LogP contribution >= 0.6 is 11.3 Å². The second-order valence-electron chi connectivity index (χ2n) is 7.92. The number of likely N-dealkylation sites (tertiary alicyclic amines) is 1. The molecule has 4 rings (SSSR count). The molecule has 1 aliphatic rings. The van der Waals surface area contributed by atoms with Gasteiger partial charge in [-0.3, -0.25) is 4.90 Å². The number of hydrogen-bond donors (Lipinski definition) is 1. The van der Waals surface area contributed by atoms with Gasteiger partial charge in [-0.25, -0.2) is 18.1 Å². The largest absolute Gasteiger partial charge is 0.297 e. The molecule has 158 valence electrons. The molecule has 0 bridgehead atoms. The van der Waals surface area contributed by atoms with Crippen molar-refractivity contribution in [1.29, 1.82) is 0 Å². The summed E-state index contributed by atoms with van der Waals surface area (Å²) in [5, 5.41) is 3.18. The van der Waals surface area contributed by atoms with Gasteiger partial charge in [-0.15, -0.1) is 11.3 Å². The lowest BCUT2D eigenvalue weighted by Gasteiger charge is -2.32. The van der Waals surface area contributed by atoms with Crippen molar-refractivity contribution in [3.05, 3.63) is 71.2 Å². The average molecular weight is 442 g/mol. The Morgan fingerprint density at radius 2 is 1.90 bits per heavy atom. The number of nitrogens with zero attached hydrogens (tertiary/aromatic N) is 2. The predicted octanol–water partition coefficient (Wildman–Crippen LogP) is 4.31. The Hall–Kier alpha value is -2.06. The molecule has 1 fully saturated rings. The molecule has 3 aromatic rings. The van der Waals surface area contributed by atoms with Crippen molar-refractivity contribution in [1.82, 2.24) is 14.6 Å². The molecule has 0 spiro atoms. The van der Waals surface area contributed by atoms with E-state index < -0.39 is 10.0 Å². The Labute approximate surface area is 182 Å². The molecule has 1 saturated heterocycles. The van der Waals surface area contributed by atoms with Gasteiger partial charge in [0.25, 0.3) is 0 Å².